The molecule has 1 saturated carbocycles. The highest BCUT2D eigenvalue weighted by atomic mass is 16.6. The number of nitrogen functional groups attached to an aromatic ring is 1. The number of nitro benzene ring substituents is 1. The second-order valence-corrected chi connectivity index (χ2v) is 5.93. The molecule has 1 aliphatic rings. The molecule has 1 fully saturated rings. The second kappa shape index (κ2) is 6.28. The second-order valence-electron chi connectivity index (χ2n) is 5.93. The van der Waals surface area contributed by atoms with Crippen LogP contribution in [-0.4, -0.2) is 22.2 Å². The molecule has 1 aromatic rings. The third-order valence-corrected chi connectivity index (χ3v) is 4.10. The van der Waals surface area contributed by atoms with Gasteiger partial charge in [-0.25, -0.2) is 0 Å². The van der Waals surface area contributed by atoms with Crippen molar-refractivity contribution < 1.29 is 10.0 Å². The van der Waals surface area contributed by atoms with Crippen LogP contribution in [0.2, 0.25) is 0 Å². The third kappa shape index (κ3) is 3.62. The van der Waals surface area contributed by atoms with E-state index in [0.717, 1.165) is 25.7 Å². The summed E-state index contributed by atoms with van der Waals surface area (Å²) in [6.07, 6.45) is 3.87. The summed E-state index contributed by atoms with van der Waals surface area (Å²) < 4.78 is 0. The first-order chi connectivity index (χ1) is 9.98. The standard InChI is InChI=1S/C14H22N4O3/c1-10-3-2-4-14(8-10,9-19)16-11-5-12(17-15)7-13(6-11)18(20)21/h5-7,10,16-17,19H,2-4,8-9,15H2,1H3. The molecule has 0 heterocycles. The Morgan fingerprint density at radius 3 is 2.76 bits per heavy atom. The molecule has 7 heteroatoms. The Balaban J connectivity index is 2.28. The Hall–Kier alpha value is -1.86. The topological polar surface area (TPSA) is 113 Å². The predicted molar refractivity (Wildman–Crippen MR) is 82.0 cm³/mol. The van der Waals surface area contributed by atoms with Gasteiger partial charge < -0.3 is 15.8 Å². The fourth-order valence-electron chi connectivity index (χ4n) is 3.14. The van der Waals surface area contributed by atoms with Crippen LogP contribution in [0.15, 0.2) is 18.2 Å². The van der Waals surface area contributed by atoms with Crippen molar-refractivity contribution in [1.82, 2.24) is 0 Å². The van der Waals surface area contributed by atoms with E-state index < -0.39 is 10.5 Å². The van der Waals surface area contributed by atoms with Crippen molar-refractivity contribution in [3.8, 4) is 0 Å². The number of aliphatic hydroxyl groups excluding tert-OH is 1. The van der Waals surface area contributed by atoms with E-state index in [1.54, 1.807) is 6.07 Å². The maximum atomic E-state index is 11.0. The van der Waals surface area contributed by atoms with Crippen molar-refractivity contribution in [1.29, 1.82) is 0 Å². The Morgan fingerprint density at radius 1 is 1.48 bits per heavy atom. The average molecular weight is 294 g/mol. The van der Waals surface area contributed by atoms with Crippen LogP contribution in [0.5, 0.6) is 0 Å². The Labute approximate surface area is 123 Å². The van der Waals surface area contributed by atoms with Crippen molar-refractivity contribution in [2.45, 2.75) is 38.1 Å². The summed E-state index contributed by atoms with van der Waals surface area (Å²) in [5.74, 6) is 5.88. The highest BCUT2D eigenvalue weighted by molar-refractivity contribution is 5.63. The van der Waals surface area contributed by atoms with Gasteiger partial charge in [-0.05, 0) is 24.8 Å². The SMILES string of the molecule is CC1CCCC(CO)(Nc2cc(NN)cc([N+](=O)[O-])c2)C1. The van der Waals surface area contributed by atoms with E-state index in [2.05, 4.69) is 17.7 Å². The predicted octanol–water partition coefficient (Wildman–Crippen LogP) is 2.23. The van der Waals surface area contributed by atoms with E-state index in [1.807, 2.05) is 0 Å². The van der Waals surface area contributed by atoms with Crippen LogP contribution in [0.1, 0.15) is 32.6 Å². The number of nitrogens with zero attached hydrogens (tertiary/aromatic N) is 1. The number of non-ortho nitro benzene ring substituents is 1. The number of nitrogens with two attached hydrogens (primary N) is 1. The van der Waals surface area contributed by atoms with Gasteiger partial charge >= 0.3 is 0 Å². The van der Waals surface area contributed by atoms with E-state index in [1.165, 1.54) is 12.1 Å². The van der Waals surface area contributed by atoms with Gasteiger partial charge in [0.15, 0.2) is 0 Å². The summed E-state index contributed by atoms with van der Waals surface area (Å²) in [7, 11) is 0. The van der Waals surface area contributed by atoms with Crippen molar-refractivity contribution >= 4 is 17.1 Å². The molecule has 7 nitrogen and oxygen atoms in total. The fraction of sp³-hybridized carbons (Fsp3) is 0.571. The van der Waals surface area contributed by atoms with Gasteiger partial charge in [0.2, 0.25) is 0 Å². The monoisotopic (exact) mass is 294 g/mol. The number of rotatable bonds is 5. The number of hydrogen-bond acceptors (Lipinski definition) is 6. The highest BCUT2D eigenvalue weighted by Gasteiger charge is 2.34. The van der Waals surface area contributed by atoms with Gasteiger partial charge in [0.25, 0.3) is 5.69 Å². The van der Waals surface area contributed by atoms with Crippen molar-refractivity contribution in [2.75, 3.05) is 17.3 Å². The molecule has 0 bridgehead atoms. The minimum atomic E-state index is -0.457. The molecule has 0 radical (unpaired) electrons. The minimum Gasteiger partial charge on any atom is -0.394 e. The van der Waals surface area contributed by atoms with Crippen molar-refractivity contribution in [2.24, 2.45) is 11.8 Å². The molecule has 0 aromatic heterocycles. The van der Waals surface area contributed by atoms with Crippen LogP contribution in [0.25, 0.3) is 0 Å². The smallest absolute Gasteiger partial charge is 0.273 e. The van der Waals surface area contributed by atoms with Gasteiger partial charge in [-0.1, -0.05) is 19.8 Å². The summed E-state index contributed by atoms with van der Waals surface area (Å²) >= 11 is 0. The molecule has 2 atom stereocenters. The molecular weight excluding hydrogens is 272 g/mol. The van der Waals surface area contributed by atoms with Gasteiger partial charge in [-0.3, -0.25) is 16.0 Å². The lowest BCUT2D eigenvalue weighted by Gasteiger charge is -2.40. The molecular formula is C14H22N4O3. The van der Waals surface area contributed by atoms with E-state index >= 15 is 0 Å². The summed E-state index contributed by atoms with van der Waals surface area (Å²) in [5, 5.41) is 24.1. The lowest BCUT2D eigenvalue weighted by Crippen LogP contribution is -2.45. The number of benzene rings is 1. The lowest BCUT2D eigenvalue weighted by molar-refractivity contribution is -0.384. The molecule has 116 valence electrons. The molecule has 0 saturated heterocycles. The summed E-state index contributed by atoms with van der Waals surface area (Å²) in [6.45, 7) is 2.16. The first-order valence-corrected chi connectivity index (χ1v) is 7.13. The molecule has 0 aliphatic heterocycles. The number of nitrogens with one attached hydrogen (secondary N) is 2. The van der Waals surface area contributed by atoms with Gasteiger partial charge in [-0.15, -0.1) is 0 Å². The van der Waals surface area contributed by atoms with Gasteiger partial charge in [0.1, 0.15) is 0 Å². The summed E-state index contributed by atoms with van der Waals surface area (Å²) in [5.41, 5.74) is 3.04. The Kier molecular flexibility index (Phi) is 4.64. The number of nitro groups is 1. The van der Waals surface area contributed by atoms with Crippen LogP contribution in [0, 0.1) is 16.0 Å². The zero-order valence-electron chi connectivity index (χ0n) is 12.1. The first-order valence-electron chi connectivity index (χ1n) is 7.13. The number of anilines is 2. The molecule has 2 unspecified atom stereocenters. The Bertz CT molecular complexity index is 523. The van der Waals surface area contributed by atoms with Crippen molar-refractivity contribution in [3.05, 3.63) is 28.3 Å². The van der Waals surface area contributed by atoms with Crippen LogP contribution >= 0.6 is 0 Å². The normalized spacial score (nSPS) is 25.4. The largest absolute Gasteiger partial charge is 0.394 e. The zero-order chi connectivity index (χ0) is 15.5. The minimum absolute atomic E-state index is 0.00538. The van der Waals surface area contributed by atoms with E-state index in [9.17, 15) is 15.2 Å². The highest BCUT2D eigenvalue weighted by Crippen LogP contribution is 2.36. The third-order valence-electron chi connectivity index (χ3n) is 4.10. The van der Waals surface area contributed by atoms with Gasteiger partial charge in [0.05, 0.1) is 22.8 Å². The quantitative estimate of drug-likeness (QED) is 0.376. The maximum absolute atomic E-state index is 11.0. The van der Waals surface area contributed by atoms with Crippen LogP contribution in [0.4, 0.5) is 17.1 Å². The molecule has 1 aromatic carbocycles. The lowest BCUT2D eigenvalue weighted by atomic mass is 9.76. The number of hydrogen-bond donors (Lipinski definition) is 4. The van der Waals surface area contributed by atoms with E-state index in [0.29, 0.717) is 17.3 Å². The zero-order valence-corrected chi connectivity index (χ0v) is 12.1. The van der Waals surface area contributed by atoms with Crippen LogP contribution < -0.4 is 16.6 Å². The molecule has 2 rings (SSSR count). The molecule has 5 N–H and O–H groups in total. The summed E-state index contributed by atoms with van der Waals surface area (Å²) in [6, 6.07) is 4.56. The van der Waals surface area contributed by atoms with Crippen LogP contribution in [0.3, 0.4) is 0 Å². The molecule has 1 aliphatic carbocycles. The molecule has 21 heavy (non-hydrogen) atoms. The summed E-state index contributed by atoms with van der Waals surface area (Å²) in [4.78, 5) is 10.5. The molecule has 0 spiro atoms. The Morgan fingerprint density at radius 2 is 2.19 bits per heavy atom. The van der Waals surface area contributed by atoms with Crippen LogP contribution in [-0.2, 0) is 0 Å². The average Bonchev–Trinajstić information content (AvgIpc) is 2.46. The van der Waals surface area contributed by atoms with Gasteiger partial charge in [0, 0.05) is 17.8 Å². The van der Waals surface area contributed by atoms with Gasteiger partial charge in [-0.2, -0.15) is 0 Å². The van der Waals surface area contributed by atoms with E-state index in [4.69, 9.17) is 5.84 Å². The first kappa shape index (κ1) is 15.5. The maximum Gasteiger partial charge on any atom is 0.273 e. The number of hydrazine groups is 1. The number of aliphatic hydroxyl groups is 1. The van der Waals surface area contributed by atoms with E-state index in [-0.39, 0.29) is 12.3 Å². The van der Waals surface area contributed by atoms with Crippen molar-refractivity contribution in [3.63, 3.8) is 0 Å². The fourth-order valence-corrected chi connectivity index (χ4v) is 3.14. The molecule has 0 amide bonds.